The molecule has 0 spiro atoms. The van der Waals surface area contributed by atoms with Gasteiger partial charge in [-0.05, 0) is 70.4 Å². The molecule has 0 saturated carbocycles. The molecular formula is C35H26N2. The zero-order valence-corrected chi connectivity index (χ0v) is 20.7. The molecule has 7 aromatic rings. The summed E-state index contributed by atoms with van der Waals surface area (Å²) in [7, 11) is 2.13. The van der Waals surface area contributed by atoms with E-state index in [0.717, 1.165) is 11.4 Å². The van der Waals surface area contributed by atoms with Crippen molar-refractivity contribution >= 4 is 44.0 Å². The molecule has 37 heavy (non-hydrogen) atoms. The van der Waals surface area contributed by atoms with Crippen molar-refractivity contribution in [3.05, 3.63) is 140 Å². The number of rotatable bonds is 4. The molecule has 0 N–H and O–H groups in total. The van der Waals surface area contributed by atoms with Crippen LogP contribution in [0.25, 0.3) is 49.4 Å². The SMILES string of the molecule is CN(c1ccc(-c2cccc3ccccc23)cc1)c1ccc(-n2c3ccccc3c3ccccc32)cc1. The minimum absolute atomic E-state index is 1.16. The van der Waals surface area contributed by atoms with Gasteiger partial charge in [0.1, 0.15) is 0 Å². The molecule has 176 valence electrons. The maximum absolute atomic E-state index is 2.35. The Kier molecular flexibility index (Phi) is 5.04. The molecule has 0 fully saturated rings. The third-order valence-corrected chi connectivity index (χ3v) is 7.43. The summed E-state index contributed by atoms with van der Waals surface area (Å²) in [5.41, 5.74) is 8.44. The first-order chi connectivity index (χ1) is 18.3. The number of nitrogens with zero attached hydrogens (tertiary/aromatic N) is 2. The fourth-order valence-electron chi connectivity index (χ4n) is 5.52. The van der Waals surface area contributed by atoms with Crippen molar-refractivity contribution < 1.29 is 0 Å². The van der Waals surface area contributed by atoms with Crippen molar-refractivity contribution in [1.82, 2.24) is 4.57 Å². The lowest BCUT2D eigenvalue weighted by Gasteiger charge is -2.21. The Morgan fingerprint density at radius 3 is 1.62 bits per heavy atom. The van der Waals surface area contributed by atoms with Gasteiger partial charge >= 0.3 is 0 Å². The summed E-state index contributed by atoms with van der Waals surface area (Å²) >= 11 is 0. The van der Waals surface area contributed by atoms with Gasteiger partial charge in [0, 0.05) is 34.9 Å². The van der Waals surface area contributed by atoms with Gasteiger partial charge in [-0.2, -0.15) is 0 Å². The van der Waals surface area contributed by atoms with Crippen molar-refractivity contribution in [3.63, 3.8) is 0 Å². The van der Waals surface area contributed by atoms with Crippen LogP contribution in [0.2, 0.25) is 0 Å². The van der Waals surface area contributed by atoms with Gasteiger partial charge < -0.3 is 9.47 Å². The number of hydrogen-bond donors (Lipinski definition) is 0. The van der Waals surface area contributed by atoms with Crippen LogP contribution < -0.4 is 4.90 Å². The predicted molar refractivity (Wildman–Crippen MR) is 158 cm³/mol. The van der Waals surface area contributed by atoms with Crippen molar-refractivity contribution in [3.8, 4) is 16.8 Å². The average molecular weight is 475 g/mol. The van der Waals surface area contributed by atoms with E-state index in [2.05, 4.69) is 156 Å². The molecule has 0 saturated heterocycles. The van der Waals surface area contributed by atoms with E-state index >= 15 is 0 Å². The third kappa shape index (κ3) is 3.57. The van der Waals surface area contributed by atoms with Crippen LogP contribution in [-0.4, -0.2) is 11.6 Å². The first kappa shape index (κ1) is 21.5. The maximum Gasteiger partial charge on any atom is 0.0541 e. The molecule has 0 bridgehead atoms. The molecule has 0 aliphatic carbocycles. The van der Waals surface area contributed by atoms with Gasteiger partial charge in [-0.1, -0.05) is 91.0 Å². The summed E-state index contributed by atoms with van der Waals surface area (Å²) in [5, 5.41) is 5.12. The Morgan fingerprint density at radius 2 is 0.973 bits per heavy atom. The number of anilines is 2. The molecule has 0 unspecified atom stereocenters. The zero-order valence-electron chi connectivity index (χ0n) is 20.7. The van der Waals surface area contributed by atoms with Crippen molar-refractivity contribution in [2.75, 3.05) is 11.9 Å². The predicted octanol–water partition coefficient (Wildman–Crippen LogP) is 9.37. The van der Waals surface area contributed by atoms with E-state index in [1.54, 1.807) is 0 Å². The normalized spacial score (nSPS) is 11.4. The van der Waals surface area contributed by atoms with Crippen LogP contribution in [0.1, 0.15) is 0 Å². The van der Waals surface area contributed by atoms with Gasteiger partial charge in [0.15, 0.2) is 0 Å². The highest BCUT2D eigenvalue weighted by molar-refractivity contribution is 6.09. The van der Waals surface area contributed by atoms with Gasteiger partial charge in [0.2, 0.25) is 0 Å². The van der Waals surface area contributed by atoms with E-state index in [1.165, 1.54) is 49.4 Å². The molecule has 0 aliphatic rings. The highest BCUT2D eigenvalue weighted by Gasteiger charge is 2.12. The van der Waals surface area contributed by atoms with Crippen molar-refractivity contribution in [2.24, 2.45) is 0 Å². The Morgan fingerprint density at radius 1 is 0.459 bits per heavy atom. The second-order valence-corrected chi connectivity index (χ2v) is 9.52. The topological polar surface area (TPSA) is 8.17 Å². The molecule has 2 nitrogen and oxygen atoms in total. The fraction of sp³-hybridized carbons (Fsp3) is 0.0286. The molecule has 0 aliphatic heterocycles. The second kappa shape index (κ2) is 8.69. The Bertz CT molecular complexity index is 1820. The first-order valence-corrected chi connectivity index (χ1v) is 12.7. The maximum atomic E-state index is 2.35. The van der Waals surface area contributed by atoms with Crippen LogP contribution in [-0.2, 0) is 0 Å². The summed E-state index contributed by atoms with van der Waals surface area (Å²) in [4.78, 5) is 2.24. The third-order valence-electron chi connectivity index (χ3n) is 7.43. The van der Waals surface area contributed by atoms with E-state index in [4.69, 9.17) is 0 Å². The van der Waals surface area contributed by atoms with Crippen molar-refractivity contribution in [1.29, 1.82) is 0 Å². The summed E-state index contributed by atoms with van der Waals surface area (Å²) < 4.78 is 2.35. The molecular weight excluding hydrogens is 448 g/mol. The molecule has 7 rings (SSSR count). The monoisotopic (exact) mass is 474 g/mol. The van der Waals surface area contributed by atoms with Crippen molar-refractivity contribution in [2.45, 2.75) is 0 Å². The summed E-state index contributed by atoms with van der Waals surface area (Å²) in [6.45, 7) is 0. The van der Waals surface area contributed by atoms with Gasteiger partial charge in [-0.15, -0.1) is 0 Å². The minimum atomic E-state index is 1.16. The standard InChI is InChI=1S/C35H26N2/c1-36(27-19-17-26(18-20-27)31-14-8-10-25-9-2-3-11-30(25)31)28-21-23-29(24-22-28)37-34-15-6-4-12-32(34)33-13-5-7-16-35(33)37/h2-24H,1H3. The zero-order chi connectivity index (χ0) is 24.8. The van der Waals surface area contributed by atoms with Crippen LogP contribution in [0.3, 0.4) is 0 Å². The number of fused-ring (bicyclic) bond motifs is 4. The van der Waals surface area contributed by atoms with Crippen LogP contribution in [0.5, 0.6) is 0 Å². The number of hydrogen-bond acceptors (Lipinski definition) is 1. The second-order valence-electron chi connectivity index (χ2n) is 9.52. The first-order valence-electron chi connectivity index (χ1n) is 12.7. The summed E-state index contributed by atoms with van der Waals surface area (Å²) in [6, 6.07) is 50.1. The quantitative estimate of drug-likeness (QED) is 0.247. The van der Waals surface area contributed by atoms with Crippen LogP contribution in [0.15, 0.2) is 140 Å². The smallest absolute Gasteiger partial charge is 0.0541 e. The van der Waals surface area contributed by atoms with Crippen LogP contribution in [0, 0.1) is 0 Å². The van der Waals surface area contributed by atoms with Crippen LogP contribution >= 0.6 is 0 Å². The largest absolute Gasteiger partial charge is 0.345 e. The van der Waals surface area contributed by atoms with E-state index in [9.17, 15) is 0 Å². The molecule has 6 aromatic carbocycles. The molecule has 0 radical (unpaired) electrons. The lowest BCUT2D eigenvalue weighted by molar-refractivity contribution is 1.16. The molecule has 0 amide bonds. The Hall–Kier alpha value is -4.82. The lowest BCUT2D eigenvalue weighted by Crippen LogP contribution is -2.09. The fourth-order valence-corrected chi connectivity index (χ4v) is 5.52. The van der Waals surface area contributed by atoms with E-state index in [-0.39, 0.29) is 0 Å². The highest BCUT2D eigenvalue weighted by atomic mass is 15.1. The van der Waals surface area contributed by atoms with E-state index in [1.807, 2.05) is 0 Å². The highest BCUT2D eigenvalue weighted by Crippen LogP contribution is 2.34. The van der Waals surface area contributed by atoms with Gasteiger partial charge in [0.25, 0.3) is 0 Å². The number of benzene rings is 6. The molecule has 0 atom stereocenters. The number of aromatic nitrogens is 1. The van der Waals surface area contributed by atoms with Gasteiger partial charge in [0.05, 0.1) is 11.0 Å². The molecule has 1 heterocycles. The Labute approximate surface area is 216 Å². The lowest BCUT2D eigenvalue weighted by atomic mass is 9.98. The molecule has 1 aromatic heterocycles. The van der Waals surface area contributed by atoms with Crippen LogP contribution in [0.4, 0.5) is 11.4 Å². The molecule has 2 heteroatoms. The van der Waals surface area contributed by atoms with E-state index in [0.29, 0.717) is 0 Å². The van der Waals surface area contributed by atoms with Gasteiger partial charge in [-0.3, -0.25) is 0 Å². The number of para-hydroxylation sites is 2. The van der Waals surface area contributed by atoms with Gasteiger partial charge in [-0.25, -0.2) is 0 Å². The Balaban J connectivity index is 1.21. The summed E-state index contributed by atoms with van der Waals surface area (Å²) in [5.74, 6) is 0. The minimum Gasteiger partial charge on any atom is -0.345 e. The van der Waals surface area contributed by atoms with E-state index < -0.39 is 0 Å². The summed E-state index contributed by atoms with van der Waals surface area (Å²) in [6.07, 6.45) is 0. The average Bonchev–Trinajstić information content (AvgIpc) is 3.31.